The minimum Gasteiger partial charge on any atom is -0.410 e. The fourth-order valence-electron chi connectivity index (χ4n) is 3.07. The minimum atomic E-state index is -0.839. The Morgan fingerprint density at radius 2 is 2.14 bits per heavy atom. The van der Waals surface area contributed by atoms with Gasteiger partial charge in [-0.05, 0) is 24.1 Å². The maximum atomic E-state index is 12.7. The Morgan fingerprint density at radius 1 is 1.36 bits per heavy atom. The molecule has 2 aromatic heterocycles. The number of aromatic nitrogens is 4. The van der Waals surface area contributed by atoms with Gasteiger partial charge in [0.2, 0.25) is 5.82 Å². The molecule has 1 aromatic carbocycles. The third-order valence-electron chi connectivity index (χ3n) is 4.51. The third kappa shape index (κ3) is 3.46. The number of benzene rings is 1. The van der Waals surface area contributed by atoms with Crippen LogP contribution in [0.5, 0.6) is 0 Å². The fraction of sp³-hybridized carbons (Fsp3) is 0.263. The number of hydrogen-bond donors (Lipinski definition) is 2. The second kappa shape index (κ2) is 7.18. The van der Waals surface area contributed by atoms with E-state index in [9.17, 15) is 9.59 Å². The first-order chi connectivity index (χ1) is 13.5. The number of aryl methyl sites for hydroxylation is 1. The molecule has 0 aliphatic carbocycles. The number of likely N-dealkylation sites (N-methyl/N-ethyl adjacent to an activating group) is 1. The summed E-state index contributed by atoms with van der Waals surface area (Å²) in [7, 11) is 1.65. The summed E-state index contributed by atoms with van der Waals surface area (Å²) in [5.74, 6) is 0.366. The van der Waals surface area contributed by atoms with Crippen molar-refractivity contribution in [3.05, 3.63) is 65.4 Å². The van der Waals surface area contributed by atoms with E-state index in [1.165, 1.54) is 9.63 Å². The van der Waals surface area contributed by atoms with Gasteiger partial charge < -0.3 is 10.2 Å². The monoisotopic (exact) mass is 380 g/mol. The van der Waals surface area contributed by atoms with Crippen LogP contribution in [0.25, 0.3) is 0 Å². The summed E-state index contributed by atoms with van der Waals surface area (Å²) in [6.45, 7) is 1.93. The largest absolute Gasteiger partial charge is 0.410 e. The number of H-pyrrole nitrogens is 1. The number of fused-ring (bicyclic) bond motifs is 1. The van der Waals surface area contributed by atoms with Gasteiger partial charge in [-0.1, -0.05) is 30.3 Å². The molecule has 0 saturated heterocycles. The first-order valence-corrected chi connectivity index (χ1v) is 8.87. The molecule has 1 aliphatic heterocycles. The summed E-state index contributed by atoms with van der Waals surface area (Å²) in [6, 6.07) is 10.7. The van der Waals surface area contributed by atoms with Crippen LogP contribution in [0.2, 0.25) is 0 Å². The van der Waals surface area contributed by atoms with E-state index in [1.807, 2.05) is 43.3 Å². The fourth-order valence-corrected chi connectivity index (χ4v) is 3.07. The van der Waals surface area contributed by atoms with E-state index in [1.54, 1.807) is 13.2 Å². The van der Waals surface area contributed by atoms with Crippen LogP contribution in [0.4, 0.5) is 5.82 Å². The molecule has 3 aromatic rings. The molecule has 4 rings (SSSR count). The lowest BCUT2D eigenvalue weighted by Gasteiger charge is -2.18. The van der Waals surface area contributed by atoms with Crippen molar-refractivity contribution in [1.82, 2.24) is 25.2 Å². The van der Waals surface area contributed by atoms with Crippen molar-refractivity contribution in [3.63, 3.8) is 0 Å². The Hall–Kier alpha value is -3.62. The van der Waals surface area contributed by atoms with Crippen molar-refractivity contribution in [2.24, 2.45) is 0 Å². The number of aromatic amines is 1. The molecule has 1 aliphatic rings. The molecule has 28 heavy (non-hydrogen) atoms. The molecule has 0 saturated carbocycles. The normalized spacial score (nSPS) is 16.3. The number of anilines is 1. The van der Waals surface area contributed by atoms with Gasteiger partial charge in [0.25, 0.3) is 11.8 Å². The van der Waals surface area contributed by atoms with Crippen LogP contribution < -0.4 is 15.1 Å². The molecule has 0 unspecified atom stereocenters. The van der Waals surface area contributed by atoms with Crippen molar-refractivity contribution < 1.29 is 14.4 Å². The van der Waals surface area contributed by atoms with Crippen LogP contribution in [0.3, 0.4) is 0 Å². The molecule has 1 atom stereocenters. The lowest BCUT2D eigenvalue weighted by Crippen LogP contribution is -2.49. The van der Waals surface area contributed by atoms with Gasteiger partial charge in [-0.15, -0.1) is 5.10 Å². The molecule has 2 amide bonds. The summed E-state index contributed by atoms with van der Waals surface area (Å²) < 4.78 is 1.53. The predicted octanol–water partition coefficient (Wildman–Crippen LogP) is 0.709. The number of nitrogens with one attached hydrogen (secondary N) is 2. The summed E-state index contributed by atoms with van der Waals surface area (Å²) in [5, 5.41) is 9.39. The smallest absolute Gasteiger partial charge is 0.291 e. The van der Waals surface area contributed by atoms with E-state index >= 15 is 0 Å². The lowest BCUT2D eigenvalue weighted by molar-refractivity contribution is -0.120. The van der Waals surface area contributed by atoms with Gasteiger partial charge in [-0.2, -0.15) is 4.73 Å². The average Bonchev–Trinajstić information content (AvgIpc) is 3.28. The summed E-state index contributed by atoms with van der Waals surface area (Å²) >= 11 is 0. The SMILES string of the molecule is Cc1cc2n(c1)OC[C@H](NC(=O)c1n[nH]c(Cc3ccccc3)n1)C(=O)N2C. The highest BCUT2D eigenvalue weighted by atomic mass is 16.7. The molecule has 0 spiro atoms. The highest BCUT2D eigenvalue weighted by Crippen LogP contribution is 2.19. The minimum absolute atomic E-state index is 0.0112. The molecule has 0 fully saturated rings. The van der Waals surface area contributed by atoms with E-state index in [-0.39, 0.29) is 18.3 Å². The first-order valence-electron chi connectivity index (χ1n) is 8.87. The van der Waals surface area contributed by atoms with Crippen LogP contribution in [0, 0.1) is 6.92 Å². The Labute approximate surface area is 161 Å². The van der Waals surface area contributed by atoms with E-state index in [0.29, 0.717) is 18.1 Å². The van der Waals surface area contributed by atoms with Crippen LogP contribution >= 0.6 is 0 Å². The lowest BCUT2D eigenvalue weighted by atomic mass is 10.1. The van der Waals surface area contributed by atoms with Gasteiger partial charge in [0.15, 0.2) is 5.82 Å². The molecular weight excluding hydrogens is 360 g/mol. The zero-order valence-corrected chi connectivity index (χ0v) is 15.5. The average molecular weight is 380 g/mol. The van der Waals surface area contributed by atoms with E-state index in [0.717, 1.165) is 11.1 Å². The number of carbonyl (C=O) groups is 2. The quantitative estimate of drug-likeness (QED) is 0.694. The number of rotatable bonds is 4. The summed E-state index contributed by atoms with van der Waals surface area (Å²) in [5.41, 5.74) is 2.03. The van der Waals surface area contributed by atoms with Crippen molar-refractivity contribution in [2.45, 2.75) is 19.4 Å². The van der Waals surface area contributed by atoms with Crippen molar-refractivity contribution >= 4 is 17.6 Å². The van der Waals surface area contributed by atoms with Gasteiger partial charge >= 0.3 is 0 Å². The molecular formula is C19H20N6O3. The Morgan fingerprint density at radius 3 is 2.93 bits per heavy atom. The molecule has 9 nitrogen and oxygen atoms in total. The Kier molecular flexibility index (Phi) is 4.56. The first kappa shape index (κ1) is 17.8. The molecule has 2 N–H and O–H groups in total. The van der Waals surface area contributed by atoms with Gasteiger partial charge in [0, 0.05) is 19.7 Å². The van der Waals surface area contributed by atoms with Gasteiger partial charge in [0.05, 0.1) is 0 Å². The van der Waals surface area contributed by atoms with Gasteiger partial charge in [-0.3, -0.25) is 19.6 Å². The number of hydrogen-bond acceptors (Lipinski definition) is 5. The van der Waals surface area contributed by atoms with E-state index in [4.69, 9.17) is 4.84 Å². The maximum Gasteiger partial charge on any atom is 0.291 e. The second-order valence-electron chi connectivity index (χ2n) is 6.69. The second-order valence-corrected chi connectivity index (χ2v) is 6.69. The van der Waals surface area contributed by atoms with Crippen LogP contribution in [0.1, 0.15) is 27.6 Å². The molecule has 9 heteroatoms. The Bertz CT molecular complexity index is 1010. The van der Waals surface area contributed by atoms with Crippen LogP contribution in [0.15, 0.2) is 42.6 Å². The summed E-state index contributed by atoms with van der Waals surface area (Å²) in [4.78, 5) is 36.5. The Balaban J connectivity index is 1.44. The molecule has 3 heterocycles. The van der Waals surface area contributed by atoms with Crippen molar-refractivity contribution in [3.8, 4) is 0 Å². The number of carbonyl (C=O) groups excluding carboxylic acids is 2. The third-order valence-corrected chi connectivity index (χ3v) is 4.51. The summed E-state index contributed by atoms with van der Waals surface area (Å²) in [6.07, 6.45) is 2.32. The predicted molar refractivity (Wildman–Crippen MR) is 101 cm³/mol. The van der Waals surface area contributed by atoms with Crippen LogP contribution in [-0.2, 0) is 11.2 Å². The topological polar surface area (TPSA) is 105 Å². The molecule has 144 valence electrons. The highest BCUT2D eigenvalue weighted by molar-refractivity contribution is 6.00. The zero-order valence-electron chi connectivity index (χ0n) is 15.5. The van der Waals surface area contributed by atoms with Gasteiger partial charge in [-0.25, -0.2) is 4.98 Å². The maximum absolute atomic E-state index is 12.7. The highest BCUT2D eigenvalue weighted by Gasteiger charge is 2.31. The molecule has 0 radical (unpaired) electrons. The van der Waals surface area contributed by atoms with Crippen molar-refractivity contribution in [2.75, 3.05) is 18.6 Å². The zero-order chi connectivity index (χ0) is 19.7. The van der Waals surface area contributed by atoms with Gasteiger partial charge in [0.1, 0.15) is 18.5 Å². The van der Waals surface area contributed by atoms with E-state index in [2.05, 4.69) is 20.5 Å². The number of amides is 2. The van der Waals surface area contributed by atoms with E-state index < -0.39 is 11.9 Å². The molecule has 0 bridgehead atoms. The van der Waals surface area contributed by atoms with Crippen molar-refractivity contribution in [1.29, 1.82) is 0 Å². The standard InChI is InChI=1S/C19H20N6O3/c1-12-8-16-24(2)19(27)14(11-28-25(16)10-12)20-18(26)17-21-15(22-23-17)9-13-6-4-3-5-7-13/h3-8,10,14H,9,11H2,1-2H3,(H,20,26)(H,21,22,23)/t14-/m0/s1. The number of nitrogens with zero attached hydrogens (tertiary/aromatic N) is 4. The van der Waals surface area contributed by atoms with Crippen LogP contribution in [-0.4, -0.2) is 51.4 Å².